The predicted molar refractivity (Wildman–Crippen MR) is 73.6 cm³/mol. The fourth-order valence-corrected chi connectivity index (χ4v) is 3.26. The van der Waals surface area contributed by atoms with Gasteiger partial charge in [-0.3, -0.25) is 14.6 Å². The number of halogens is 1. The van der Waals surface area contributed by atoms with Crippen molar-refractivity contribution >= 4 is 35.2 Å². The van der Waals surface area contributed by atoms with Crippen LogP contribution in [0.4, 0.5) is 0 Å². The lowest BCUT2D eigenvalue weighted by molar-refractivity contribution is -0.138. The van der Waals surface area contributed by atoms with Crippen LogP contribution in [0.2, 0.25) is 5.02 Å². The van der Waals surface area contributed by atoms with Crippen LogP contribution in [-0.2, 0) is 4.79 Å². The summed E-state index contributed by atoms with van der Waals surface area (Å²) in [5.41, 5.74) is 0.374. The first kappa shape index (κ1) is 14.1. The Morgan fingerprint density at radius 1 is 1.58 bits per heavy atom. The van der Waals surface area contributed by atoms with Gasteiger partial charge in [-0.1, -0.05) is 11.6 Å². The molecule has 19 heavy (non-hydrogen) atoms. The summed E-state index contributed by atoms with van der Waals surface area (Å²) in [4.78, 5) is 28.7. The van der Waals surface area contributed by atoms with Crippen molar-refractivity contribution in [2.24, 2.45) is 0 Å². The number of carboxylic acid groups (broad SMARTS) is 1. The molecule has 1 fully saturated rings. The molecule has 1 aromatic heterocycles. The number of rotatable bonds is 3. The minimum absolute atomic E-state index is 0.0402. The predicted octanol–water partition coefficient (Wildman–Crippen LogP) is 1.77. The van der Waals surface area contributed by atoms with Gasteiger partial charge in [-0.05, 0) is 6.07 Å². The van der Waals surface area contributed by atoms with Crippen molar-refractivity contribution in [1.82, 2.24) is 9.88 Å². The van der Waals surface area contributed by atoms with E-state index in [-0.39, 0.29) is 18.4 Å². The van der Waals surface area contributed by atoms with Crippen LogP contribution < -0.4 is 0 Å². The highest BCUT2D eigenvalue weighted by Crippen LogP contribution is 2.23. The quantitative estimate of drug-likeness (QED) is 0.921. The van der Waals surface area contributed by atoms with E-state index in [1.165, 1.54) is 12.4 Å². The Balaban J connectivity index is 2.20. The monoisotopic (exact) mass is 300 g/mol. The van der Waals surface area contributed by atoms with Gasteiger partial charge in [-0.25, -0.2) is 0 Å². The summed E-state index contributed by atoms with van der Waals surface area (Å²) in [6.45, 7) is 0.542. The average Bonchev–Trinajstić information content (AvgIpc) is 2.38. The first-order valence-corrected chi connectivity index (χ1v) is 7.33. The fourth-order valence-electron chi connectivity index (χ4n) is 2.00. The lowest BCUT2D eigenvalue weighted by Crippen LogP contribution is -2.47. The molecule has 0 radical (unpaired) electrons. The molecule has 0 aromatic carbocycles. The van der Waals surface area contributed by atoms with E-state index in [4.69, 9.17) is 16.7 Å². The van der Waals surface area contributed by atoms with Crippen LogP contribution in [0.1, 0.15) is 16.8 Å². The number of hydrogen-bond acceptors (Lipinski definition) is 4. The second-order valence-corrected chi connectivity index (χ2v) is 5.74. The molecule has 1 aromatic rings. The van der Waals surface area contributed by atoms with Crippen LogP contribution in [0.15, 0.2) is 18.5 Å². The van der Waals surface area contributed by atoms with Gasteiger partial charge in [0.1, 0.15) is 0 Å². The van der Waals surface area contributed by atoms with E-state index in [0.29, 0.717) is 22.9 Å². The summed E-state index contributed by atoms with van der Waals surface area (Å²) in [5, 5.41) is 9.20. The number of pyridine rings is 1. The van der Waals surface area contributed by atoms with Crippen molar-refractivity contribution in [2.75, 3.05) is 18.1 Å². The third-order valence-corrected chi connectivity index (χ3v) is 4.29. The SMILES string of the molecule is O=C(O)CC1CSCCN1C(=O)c1ccncc1Cl. The molecule has 0 saturated carbocycles. The number of carbonyl (C=O) groups excluding carboxylic acids is 1. The zero-order chi connectivity index (χ0) is 13.8. The van der Waals surface area contributed by atoms with Gasteiger partial charge < -0.3 is 10.0 Å². The Labute approximate surface area is 120 Å². The van der Waals surface area contributed by atoms with Crippen molar-refractivity contribution in [1.29, 1.82) is 0 Å². The van der Waals surface area contributed by atoms with Gasteiger partial charge >= 0.3 is 5.97 Å². The summed E-state index contributed by atoms with van der Waals surface area (Å²) in [6, 6.07) is 1.28. The van der Waals surface area contributed by atoms with Gasteiger partial charge in [0.15, 0.2) is 0 Å². The van der Waals surface area contributed by atoms with E-state index < -0.39 is 5.97 Å². The van der Waals surface area contributed by atoms with E-state index in [1.54, 1.807) is 22.7 Å². The molecule has 1 unspecified atom stereocenters. The van der Waals surface area contributed by atoms with E-state index in [2.05, 4.69) is 4.98 Å². The van der Waals surface area contributed by atoms with Gasteiger partial charge in [0, 0.05) is 30.4 Å². The van der Waals surface area contributed by atoms with Crippen LogP contribution in [0.25, 0.3) is 0 Å². The van der Waals surface area contributed by atoms with Gasteiger partial charge in [-0.15, -0.1) is 0 Å². The van der Waals surface area contributed by atoms with Crippen molar-refractivity contribution in [2.45, 2.75) is 12.5 Å². The molecule has 0 spiro atoms. The molecule has 1 aliphatic rings. The Hall–Kier alpha value is -1.27. The molecule has 0 aliphatic carbocycles. The Morgan fingerprint density at radius 3 is 3.05 bits per heavy atom. The number of amides is 1. The number of nitrogens with zero attached hydrogens (tertiary/aromatic N) is 2. The molecular weight excluding hydrogens is 288 g/mol. The Bertz CT molecular complexity index is 498. The van der Waals surface area contributed by atoms with Crippen LogP contribution >= 0.6 is 23.4 Å². The largest absolute Gasteiger partial charge is 0.481 e. The number of hydrogen-bond donors (Lipinski definition) is 1. The Kier molecular flexibility index (Phi) is 4.66. The van der Waals surface area contributed by atoms with E-state index in [1.807, 2.05) is 0 Å². The Morgan fingerprint density at radius 2 is 2.37 bits per heavy atom. The lowest BCUT2D eigenvalue weighted by atomic mass is 10.1. The summed E-state index contributed by atoms with van der Waals surface area (Å²) >= 11 is 7.62. The highest BCUT2D eigenvalue weighted by atomic mass is 35.5. The van der Waals surface area contributed by atoms with Crippen molar-refractivity contribution in [3.05, 3.63) is 29.0 Å². The maximum atomic E-state index is 12.4. The van der Waals surface area contributed by atoms with Crippen LogP contribution in [0.5, 0.6) is 0 Å². The smallest absolute Gasteiger partial charge is 0.305 e. The molecule has 0 bridgehead atoms. The maximum absolute atomic E-state index is 12.4. The number of carbonyl (C=O) groups is 2. The second kappa shape index (κ2) is 6.25. The highest BCUT2D eigenvalue weighted by molar-refractivity contribution is 7.99. The standard InChI is InChI=1S/C12H13ClN2O3S/c13-10-6-14-2-1-9(10)12(18)15-3-4-19-7-8(15)5-11(16)17/h1-2,6,8H,3-5,7H2,(H,16,17). The van der Waals surface area contributed by atoms with Crippen LogP contribution in [-0.4, -0.2) is 51.0 Å². The van der Waals surface area contributed by atoms with Crippen molar-refractivity contribution < 1.29 is 14.7 Å². The van der Waals surface area contributed by atoms with Crippen LogP contribution in [0.3, 0.4) is 0 Å². The minimum Gasteiger partial charge on any atom is -0.481 e. The molecule has 1 aliphatic heterocycles. The second-order valence-electron chi connectivity index (χ2n) is 4.18. The van der Waals surface area contributed by atoms with Gasteiger partial charge in [0.05, 0.1) is 23.0 Å². The number of aliphatic carboxylic acids is 1. The summed E-state index contributed by atoms with van der Waals surface area (Å²) in [7, 11) is 0. The van der Waals surface area contributed by atoms with Crippen LogP contribution in [0, 0.1) is 0 Å². The molecule has 2 heterocycles. The number of carboxylic acids is 1. The fraction of sp³-hybridized carbons (Fsp3) is 0.417. The molecule has 1 saturated heterocycles. The van der Waals surface area contributed by atoms with E-state index >= 15 is 0 Å². The molecule has 1 amide bonds. The normalized spacial score (nSPS) is 19.2. The molecule has 5 nitrogen and oxygen atoms in total. The molecule has 2 rings (SSSR count). The maximum Gasteiger partial charge on any atom is 0.305 e. The van der Waals surface area contributed by atoms with Crippen molar-refractivity contribution in [3.63, 3.8) is 0 Å². The molecule has 1 N–H and O–H groups in total. The molecule has 1 atom stereocenters. The molecule has 7 heteroatoms. The lowest BCUT2D eigenvalue weighted by Gasteiger charge is -2.34. The first-order valence-electron chi connectivity index (χ1n) is 5.79. The molecular formula is C12H13ClN2O3S. The first-order chi connectivity index (χ1) is 9.09. The molecule has 102 valence electrons. The number of aromatic nitrogens is 1. The van der Waals surface area contributed by atoms with Gasteiger partial charge in [-0.2, -0.15) is 11.8 Å². The van der Waals surface area contributed by atoms with Gasteiger partial charge in [0.2, 0.25) is 0 Å². The average molecular weight is 301 g/mol. The third kappa shape index (κ3) is 3.39. The third-order valence-electron chi connectivity index (χ3n) is 2.90. The summed E-state index contributed by atoms with van der Waals surface area (Å²) in [6.07, 6.45) is 2.88. The summed E-state index contributed by atoms with van der Waals surface area (Å²) < 4.78 is 0. The van der Waals surface area contributed by atoms with Gasteiger partial charge in [0.25, 0.3) is 5.91 Å². The van der Waals surface area contributed by atoms with E-state index in [9.17, 15) is 9.59 Å². The minimum atomic E-state index is -0.897. The highest BCUT2D eigenvalue weighted by Gasteiger charge is 2.30. The zero-order valence-corrected chi connectivity index (χ0v) is 11.7. The van der Waals surface area contributed by atoms with E-state index in [0.717, 1.165) is 5.75 Å². The number of thioether (sulfide) groups is 1. The van der Waals surface area contributed by atoms with Crippen molar-refractivity contribution in [3.8, 4) is 0 Å². The zero-order valence-electron chi connectivity index (χ0n) is 10.1. The topological polar surface area (TPSA) is 70.5 Å². The summed E-state index contributed by atoms with van der Waals surface area (Å²) in [5.74, 6) is 0.329.